The molecule has 1 aromatic heterocycles. The second-order valence-electron chi connectivity index (χ2n) is 6.44. The standard InChI is InChI=1S/C18H23N5O4/c1-13-18(23(25)26)14(2)22(20-13)8-7-17(24)19-15-3-5-16(6-4-15)21-9-11-27-12-10-21/h3-6H,7-12H2,1-2H3,(H,19,24). The smallest absolute Gasteiger partial charge is 0.312 e. The van der Waals surface area contributed by atoms with Crippen LogP contribution in [0.2, 0.25) is 0 Å². The number of aryl methyl sites for hydroxylation is 2. The van der Waals surface area contributed by atoms with Gasteiger partial charge < -0.3 is 15.0 Å². The number of anilines is 2. The number of morpholine rings is 1. The number of nitro groups is 1. The number of carbonyl (C=O) groups excluding carboxylic acids is 1. The van der Waals surface area contributed by atoms with Crippen LogP contribution in [0.3, 0.4) is 0 Å². The Labute approximate surface area is 157 Å². The summed E-state index contributed by atoms with van der Waals surface area (Å²) in [5.74, 6) is -0.163. The van der Waals surface area contributed by atoms with Gasteiger partial charge in [-0.1, -0.05) is 0 Å². The first-order valence-electron chi connectivity index (χ1n) is 8.86. The fraction of sp³-hybridized carbons (Fsp3) is 0.444. The molecule has 144 valence electrons. The molecule has 1 fully saturated rings. The first-order valence-corrected chi connectivity index (χ1v) is 8.86. The Kier molecular flexibility index (Phi) is 5.70. The van der Waals surface area contributed by atoms with Gasteiger partial charge in [0.25, 0.3) is 0 Å². The van der Waals surface area contributed by atoms with Crippen LogP contribution >= 0.6 is 0 Å². The number of nitrogens with one attached hydrogen (secondary N) is 1. The topological polar surface area (TPSA) is 103 Å². The minimum atomic E-state index is -0.440. The lowest BCUT2D eigenvalue weighted by atomic mass is 10.2. The highest BCUT2D eigenvalue weighted by Crippen LogP contribution is 2.22. The maximum atomic E-state index is 12.2. The van der Waals surface area contributed by atoms with Crippen LogP contribution in [0.4, 0.5) is 17.1 Å². The summed E-state index contributed by atoms with van der Waals surface area (Å²) in [4.78, 5) is 25.0. The summed E-state index contributed by atoms with van der Waals surface area (Å²) >= 11 is 0. The third kappa shape index (κ3) is 4.43. The molecule has 27 heavy (non-hydrogen) atoms. The Balaban J connectivity index is 1.55. The lowest BCUT2D eigenvalue weighted by Crippen LogP contribution is -2.36. The predicted octanol–water partition coefficient (Wildman–Crippen LogP) is 2.27. The molecule has 2 heterocycles. The van der Waals surface area contributed by atoms with Crippen molar-refractivity contribution >= 4 is 23.0 Å². The molecule has 1 aliphatic rings. The fourth-order valence-corrected chi connectivity index (χ4v) is 3.18. The van der Waals surface area contributed by atoms with E-state index in [0.717, 1.165) is 37.7 Å². The second kappa shape index (κ2) is 8.17. The molecule has 1 aliphatic heterocycles. The van der Waals surface area contributed by atoms with E-state index in [0.29, 0.717) is 11.4 Å². The molecule has 9 nitrogen and oxygen atoms in total. The molecule has 1 saturated heterocycles. The van der Waals surface area contributed by atoms with E-state index >= 15 is 0 Å². The molecular weight excluding hydrogens is 350 g/mol. The maximum Gasteiger partial charge on any atom is 0.312 e. The quantitative estimate of drug-likeness (QED) is 0.615. The Bertz CT molecular complexity index is 825. The molecule has 1 N–H and O–H groups in total. The third-order valence-electron chi connectivity index (χ3n) is 4.60. The summed E-state index contributed by atoms with van der Waals surface area (Å²) in [6.07, 6.45) is 0.185. The molecule has 9 heteroatoms. The SMILES string of the molecule is Cc1nn(CCC(=O)Nc2ccc(N3CCOCC3)cc2)c(C)c1[N+](=O)[O-]. The van der Waals surface area contributed by atoms with Crippen molar-refractivity contribution in [2.75, 3.05) is 36.5 Å². The predicted molar refractivity (Wildman–Crippen MR) is 101 cm³/mol. The van der Waals surface area contributed by atoms with Crippen LogP contribution < -0.4 is 10.2 Å². The van der Waals surface area contributed by atoms with Crippen LogP contribution in [-0.2, 0) is 16.1 Å². The van der Waals surface area contributed by atoms with Gasteiger partial charge in [0.2, 0.25) is 5.91 Å². The first kappa shape index (κ1) is 18.8. The molecule has 2 aromatic rings. The van der Waals surface area contributed by atoms with Crippen molar-refractivity contribution in [3.05, 3.63) is 45.8 Å². The highest BCUT2D eigenvalue weighted by Gasteiger charge is 2.21. The zero-order valence-corrected chi connectivity index (χ0v) is 15.5. The molecule has 1 amide bonds. The van der Waals surface area contributed by atoms with Crippen molar-refractivity contribution < 1.29 is 14.5 Å². The second-order valence-corrected chi connectivity index (χ2v) is 6.44. The third-order valence-corrected chi connectivity index (χ3v) is 4.60. The van der Waals surface area contributed by atoms with Crippen LogP contribution in [0.1, 0.15) is 17.8 Å². The molecule has 0 bridgehead atoms. The summed E-state index contributed by atoms with van der Waals surface area (Å²) < 4.78 is 6.86. The number of aromatic nitrogens is 2. The van der Waals surface area contributed by atoms with E-state index < -0.39 is 4.92 Å². The highest BCUT2D eigenvalue weighted by molar-refractivity contribution is 5.90. The summed E-state index contributed by atoms with van der Waals surface area (Å²) in [6, 6.07) is 7.70. The Morgan fingerprint density at radius 2 is 1.93 bits per heavy atom. The van der Waals surface area contributed by atoms with E-state index in [4.69, 9.17) is 4.74 Å². The van der Waals surface area contributed by atoms with Gasteiger partial charge in [-0.3, -0.25) is 19.6 Å². The number of amides is 1. The number of nitrogens with zero attached hydrogens (tertiary/aromatic N) is 4. The van der Waals surface area contributed by atoms with Gasteiger partial charge in [0.05, 0.1) is 24.7 Å². The van der Waals surface area contributed by atoms with Crippen molar-refractivity contribution in [2.45, 2.75) is 26.8 Å². The summed E-state index contributed by atoms with van der Waals surface area (Å²) in [5, 5.41) is 18.0. The van der Waals surface area contributed by atoms with E-state index in [1.807, 2.05) is 24.3 Å². The lowest BCUT2D eigenvalue weighted by Gasteiger charge is -2.28. The molecule has 0 atom stereocenters. The summed E-state index contributed by atoms with van der Waals surface area (Å²) in [6.45, 7) is 6.70. The Morgan fingerprint density at radius 3 is 2.52 bits per heavy atom. The normalized spacial score (nSPS) is 14.2. The van der Waals surface area contributed by atoms with Gasteiger partial charge in [0.1, 0.15) is 11.4 Å². The molecular formula is C18H23N5O4. The van der Waals surface area contributed by atoms with Crippen molar-refractivity contribution in [3.8, 4) is 0 Å². The van der Waals surface area contributed by atoms with Crippen LogP contribution in [0, 0.1) is 24.0 Å². The van der Waals surface area contributed by atoms with Crippen LogP contribution in [0.15, 0.2) is 24.3 Å². The fourth-order valence-electron chi connectivity index (χ4n) is 3.18. The largest absolute Gasteiger partial charge is 0.378 e. The first-order chi connectivity index (χ1) is 13.0. The molecule has 0 saturated carbocycles. The van der Waals surface area contributed by atoms with Gasteiger partial charge in [0, 0.05) is 30.9 Å². The number of hydrogen-bond acceptors (Lipinski definition) is 6. The minimum Gasteiger partial charge on any atom is -0.378 e. The van der Waals surface area contributed by atoms with Gasteiger partial charge in [-0.25, -0.2) is 0 Å². The van der Waals surface area contributed by atoms with Crippen molar-refractivity contribution in [3.63, 3.8) is 0 Å². The van der Waals surface area contributed by atoms with Crippen LogP contribution in [0.5, 0.6) is 0 Å². The summed E-state index contributed by atoms with van der Waals surface area (Å²) in [7, 11) is 0. The maximum absolute atomic E-state index is 12.2. The average Bonchev–Trinajstić information content (AvgIpc) is 2.95. The summed E-state index contributed by atoms with van der Waals surface area (Å²) in [5.41, 5.74) is 2.65. The van der Waals surface area contributed by atoms with E-state index in [9.17, 15) is 14.9 Å². The number of hydrogen-bond donors (Lipinski definition) is 1. The molecule has 0 unspecified atom stereocenters. The van der Waals surface area contributed by atoms with Gasteiger partial charge in [-0.05, 0) is 38.1 Å². The van der Waals surface area contributed by atoms with Gasteiger partial charge in [-0.2, -0.15) is 5.10 Å². The van der Waals surface area contributed by atoms with E-state index in [2.05, 4.69) is 15.3 Å². The zero-order valence-electron chi connectivity index (χ0n) is 15.5. The van der Waals surface area contributed by atoms with Crippen molar-refractivity contribution in [1.82, 2.24) is 9.78 Å². The lowest BCUT2D eigenvalue weighted by molar-refractivity contribution is -0.386. The van der Waals surface area contributed by atoms with Crippen molar-refractivity contribution in [1.29, 1.82) is 0 Å². The molecule has 3 rings (SSSR count). The van der Waals surface area contributed by atoms with Gasteiger partial charge >= 0.3 is 5.69 Å². The van der Waals surface area contributed by atoms with Crippen LogP contribution in [-0.4, -0.2) is 46.9 Å². The minimum absolute atomic E-state index is 0.00843. The van der Waals surface area contributed by atoms with Gasteiger partial charge in [0.15, 0.2) is 0 Å². The molecule has 0 radical (unpaired) electrons. The molecule has 0 spiro atoms. The van der Waals surface area contributed by atoms with Crippen LogP contribution in [0.25, 0.3) is 0 Å². The number of rotatable bonds is 6. The Hall–Kier alpha value is -2.94. The number of carbonyl (C=O) groups is 1. The zero-order chi connectivity index (χ0) is 19.4. The monoisotopic (exact) mass is 373 g/mol. The average molecular weight is 373 g/mol. The van der Waals surface area contributed by atoms with Crippen molar-refractivity contribution in [2.24, 2.45) is 0 Å². The van der Waals surface area contributed by atoms with Gasteiger partial charge in [-0.15, -0.1) is 0 Å². The number of ether oxygens (including phenoxy) is 1. The van der Waals surface area contributed by atoms with E-state index in [1.165, 1.54) is 4.68 Å². The van der Waals surface area contributed by atoms with E-state index in [1.54, 1.807) is 13.8 Å². The number of benzene rings is 1. The highest BCUT2D eigenvalue weighted by atomic mass is 16.6. The van der Waals surface area contributed by atoms with E-state index in [-0.39, 0.29) is 24.6 Å². The Morgan fingerprint density at radius 1 is 1.26 bits per heavy atom. The molecule has 1 aromatic carbocycles. The molecule has 0 aliphatic carbocycles.